The average molecular weight is 166 g/mol. The lowest BCUT2D eigenvalue weighted by molar-refractivity contribution is 2.30. The van der Waals surface area contributed by atoms with Crippen molar-refractivity contribution in [1.29, 1.82) is 0 Å². The molecule has 0 aromatic carbocycles. The smallest absolute Gasteiger partial charge is 0.0458 e. The summed E-state index contributed by atoms with van der Waals surface area (Å²) >= 11 is 5.35. The average Bonchev–Trinajstić information content (AvgIpc) is 1.83. The molecular formula is C5H10S3. The van der Waals surface area contributed by atoms with E-state index in [1.165, 1.54) is 4.24 Å². The van der Waals surface area contributed by atoms with Crippen LogP contribution < -0.4 is 0 Å². The molecule has 0 aliphatic rings. The predicted molar refractivity (Wildman–Crippen MR) is 48.6 cm³/mol. The van der Waals surface area contributed by atoms with Crippen LogP contribution in [0.25, 0.3) is 0 Å². The minimum atomic E-state index is 1.39. The number of hydrogen-bond acceptors (Lipinski definition) is 3. The molecule has 0 bridgehead atoms. The summed E-state index contributed by atoms with van der Waals surface area (Å²) in [4.78, 5) is 0. The third-order valence-electron chi connectivity index (χ3n) is 0.616. The van der Waals surface area contributed by atoms with Gasteiger partial charge in [-0.1, -0.05) is 0 Å². The molecule has 0 unspecified atom stereocenters. The number of rotatable bonds is 3. The van der Waals surface area contributed by atoms with Gasteiger partial charge in [-0.2, -0.15) is 0 Å². The van der Waals surface area contributed by atoms with Crippen molar-refractivity contribution in [3.63, 3.8) is 0 Å². The molecule has 0 fully saturated rings. The predicted octanol–water partition coefficient (Wildman–Crippen LogP) is 2.87. The van der Waals surface area contributed by atoms with Gasteiger partial charge in [0, 0.05) is 4.24 Å². The maximum atomic E-state index is 2.16. The summed E-state index contributed by atoms with van der Waals surface area (Å²) in [6, 6.07) is 0. The van der Waals surface area contributed by atoms with Gasteiger partial charge in [0.05, 0.1) is 0 Å². The fraction of sp³-hybridized carbons (Fsp3) is 0.600. The third kappa shape index (κ3) is 3.75. The largest absolute Gasteiger partial charge is 0.136 e. The highest BCUT2D eigenvalue weighted by Crippen LogP contribution is 2.25. The van der Waals surface area contributed by atoms with E-state index in [9.17, 15) is 0 Å². The first-order valence-corrected chi connectivity index (χ1v) is 5.89. The molecule has 0 atom stereocenters. The van der Waals surface area contributed by atoms with E-state index in [1.54, 1.807) is 35.3 Å². The highest BCUT2D eigenvalue weighted by Gasteiger charge is 1.86. The minimum absolute atomic E-state index is 1.39. The van der Waals surface area contributed by atoms with Crippen LogP contribution in [0, 0.1) is 0 Å². The molecular weight excluding hydrogens is 156 g/mol. The first-order chi connectivity index (χ1) is 3.85. The lowest BCUT2D eigenvalue weighted by atomic mass is 11.2. The first-order valence-electron chi connectivity index (χ1n) is 2.16. The molecule has 3 heteroatoms. The van der Waals surface area contributed by atoms with Crippen LogP contribution in [-0.4, -0.2) is 18.8 Å². The van der Waals surface area contributed by atoms with E-state index in [1.807, 2.05) is 0 Å². The van der Waals surface area contributed by atoms with Gasteiger partial charge >= 0.3 is 0 Å². The lowest BCUT2D eigenvalue weighted by Crippen LogP contribution is -1.60. The van der Waals surface area contributed by atoms with Crippen molar-refractivity contribution in [1.82, 2.24) is 0 Å². The summed E-state index contributed by atoms with van der Waals surface area (Å²) in [6.45, 7) is 0. The van der Waals surface area contributed by atoms with Gasteiger partial charge in [0.1, 0.15) is 0 Å². The van der Waals surface area contributed by atoms with Crippen molar-refractivity contribution in [3.8, 4) is 0 Å². The zero-order chi connectivity index (χ0) is 6.41. The van der Waals surface area contributed by atoms with Gasteiger partial charge in [0.2, 0.25) is 0 Å². The van der Waals surface area contributed by atoms with Gasteiger partial charge in [0.25, 0.3) is 0 Å². The summed E-state index contributed by atoms with van der Waals surface area (Å²) in [7, 11) is 0. The molecule has 0 saturated heterocycles. The van der Waals surface area contributed by atoms with Gasteiger partial charge in [-0.3, -0.25) is 0 Å². The van der Waals surface area contributed by atoms with Crippen LogP contribution in [0.2, 0.25) is 0 Å². The molecule has 0 nitrogen and oxygen atoms in total. The molecule has 0 spiro atoms. The SMILES string of the molecule is CSC=C(SC)SC. The van der Waals surface area contributed by atoms with E-state index in [2.05, 4.69) is 24.2 Å². The van der Waals surface area contributed by atoms with Crippen molar-refractivity contribution in [2.24, 2.45) is 0 Å². The van der Waals surface area contributed by atoms with Crippen LogP contribution in [-0.2, 0) is 0 Å². The second-order valence-electron chi connectivity index (χ2n) is 1.08. The molecule has 0 radical (unpaired) electrons. The monoisotopic (exact) mass is 166 g/mol. The normalized spacial score (nSPS) is 8.88. The van der Waals surface area contributed by atoms with Gasteiger partial charge in [-0.05, 0) is 24.2 Å². The lowest BCUT2D eigenvalue weighted by Gasteiger charge is -1.94. The molecule has 48 valence electrons. The molecule has 0 amide bonds. The van der Waals surface area contributed by atoms with Crippen molar-refractivity contribution in [2.45, 2.75) is 0 Å². The molecule has 0 N–H and O–H groups in total. The molecule has 0 rings (SSSR count). The van der Waals surface area contributed by atoms with E-state index in [-0.39, 0.29) is 0 Å². The Kier molecular flexibility index (Phi) is 6.50. The molecule has 0 aliphatic heterocycles. The second kappa shape index (κ2) is 5.92. The minimum Gasteiger partial charge on any atom is -0.136 e. The number of hydrogen-bond donors (Lipinski definition) is 0. The zero-order valence-electron chi connectivity index (χ0n) is 5.30. The Hall–Kier alpha value is 0.790. The zero-order valence-corrected chi connectivity index (χ0v) is 7.75. The molecule has 8 heavy (non-hydrogen) atoms. The van der Waals surface area contributed by atoms with Crippen LogP contribution in [0.4, 0.5) is 0 Å². The maximum absolute atomic E-state index is 2.16. The van der Waals surface area contributed by atoms with E-state index in [4.69, 9.17) is 0 Å². The maximum Gasteiger partial charge on any atom is 0.0458 e. The Bertz CT molecular complexity index is 71.7. The molecule has 0 aromatic rings. The molecule has 0 saturated carbocycles. The van der Waals surface area contributed by atoms with E-state index in [0.717, 1.165) is 0 Å². The first kappa shape index (κ1) is 8.79. The standard InChI is InChI=1S/C5H10S3/c1-6-4-5(7-2)8-3/h4H,1-3H3. The quantitative estimate of drug-likeness (QED) is 0.633. The van der Waals surface area contributed by atoms with E-state index in [0.29, 0.717) is 0 Å². The Morgan fingerprint density at radius 3 is 1.75 bits per heavy atom. The molecule has 0 aromatic heterocycles. The molecule has 0 aliphatic carbocycles. The summed E-state index contributed by atoms with van der Waals surface area (Å²) in [5, 5.41) is 2.16. The van der Waals surface area contributed by atoms with Crippen LogP contribution in [0.5, 0.6) is 0 Å². The van der Waals surface area contributed by atoms with E-state index < -0.39 is 0 Å². The van der Waals surface area contributed by atoms with Gasteiger partial charge in [-0.15, -0.1) is 35.3 Å². The highest BCUT2D eigenvalue weighted by atomic mass is 32.2. The van der Waals surface area contributed by atoms with Crippen molar-refractivity contribution in [3.05, 3.63) is 9.65 Å². The van der Waals surface area contributed by atoms with Gasteiger partial charge < -0.3 is 0 Å². The van der Waals surface area contributed by atoms with Crippen molar-refractivity contribution < 1.29 is 0 Å². The van der Waals surface area contributed by atoms with Crippen LogP contribution in [0.15, 0.2) is 9.65 Å². The Morgan fingerprint density at radius 2 is 1.62 bits per heavy atom. The fourth-order valence-corrected chi connectivity index (χ4v) is 2.48. The van der Waals surface area contributed by atoms with Gasteiger partial charge in [0.15, 0.2) is 0 Å². The van der Waals surface area contributed by atoms with Gasteiger partial charge in [-0.25, -0.2) is 0 Å². The van der Waals surface area contributed by atoms with Crippen molar-refractivity contribution in [2.75, 3.05) is 18.8 Å². The Morgan fingerprint density at radius 1 is 1.12 bits per heavy atom. The highest BCUT2D eigenvalue weighted by molar-refractivity contribution is 8.22. The van der Waals surface area contributed by atoms with Crippen LogP contribution in [0.1, 0.15) is 0 Å². The van der Waals surface area contributed by atoms with Crippen LogP contribution >= 0.6 is 35.3 Å². The summed E-state index contributed by atoms with van der Waals surface area (Å²) in [5.41, 5.74) is 0. The fourth-order valence-electron chi connectivity index (χ4n) is 0.276. The summed E-state index contributed by atoms with van der Waals surface area (Å²) in [5.74, 6) is 0. The Labute approximate surface area is 63.9 Å². The Balaban J connectivity index is 3.49. The number of thioether (sulfide) groups is 3. The summed E-state index contributed by atoms with van der Waals surface area (Å²) < 4.78 is 1.39. The third-order valence-corrected chi connectivity index (χ3v) is 3.43. The van der Waals surface area contributed by atoms with Crippen LogP contribution in [0.3, 0.4) is 0 Å². The topological polar surface area (TPSA) is 0 Å². The second-order valence-corrected chi connectivity index (χ2v) is 3.74. The van der Waals surface area contributed by atoms with E-state index >= 15 is 0 Å². The van der Waals surface area contributed by atoms with Crippen molar-refractivity contribution >= 4 is 35.3 Å². The summed E-state index contributed by atoms with van der Waals surface area (Å²) in [6.07, 6.45) is 6.27. The molecule has 0 heterocycles.